The molecule has 6 nitrogen and oxygen atoms in total. The van der Waals surface area contributed by atoms with Crippen molar-refractivity contribution in [1.29, 1.82) is 0 Å². The molecule has 3 aromatic rings. The van der Waals surface area contributed by atoms with Gasteiger partial charge in [0.05, 0.1) is 5.69 Å². The Morgan fingerprint density at radius 2 is 1.15 bits per heavy atom. The Morgan fingerprint density at radius 3 is 1.50 bits per heavy atom. The fourth-order valence-electron chi connectivity index (χ4n) is 3.96. The van der Waals surface area contributed by atoms with Gasteiger partial charge in [-0.3, -0.25) is 0 Å². The summed E-state index contributed by atoms with van der Waals surface area (Å²) in [5.74, 6) is -0.134. The van der Waals surface area contributed by atoms with E-state index in [0.717, 1.165) is 11.1 Å². The summed E-state index contributed by atoms with van der Waals surface area (Å²) in [5, 5.41) is 10.3. The first-order valence-corrected chi connectivity index (χ1v) is 12.8. The molecule has 0 aliphatic rings. The number of carbonyl (C=O) groups is 1. The predicted molar refractivity (Wildman–Crippen MR) is 136 cm³/mol. The van der Waals surface area contributed by atoms with Gasteiger partial charge in [0.15, 0.2) is 0 Å². The maximum absolute atomic E-state index is 14.1. The van der Waals surface area contributed by atoms with Crippen molar-refractivity contribution in [2.75, 3.05) is 4.31 Å². The molecule has 0 bridgehead atoms. The molecule has 3 rings (SSSR count). The topological polar surface area (TPSA) is 77.9 Å². The third-order valence-corrected chi connectivity index (χ3v) is 7.39. The van der Waals surface area contributed by atoms with Gasteiger partial charge in [0.25, 0.3) is 0 Å². The Bertz CT molecular complexity index is 1140. The van der Waals surface area contributed by atoms with E-state index in [4.69, 9.17) is 0 Å². The summed E-state index contributed by atoms with van der Waals surface area (Å²) in [7, 11) is -4.46. The molecule has 180 valence electrons. The van der Waals surface area contributed by atoms with Gasteiger partial charge in [-0.05, 0) is 34.1 Å². The molecule has 34 heavy (non-hydrogen) atoms. The van der Waals surface area contributed by atoms with Crippen LogP contribution in [0.25, 0.3) is 0 Å². The molecule has 7 heteroatoms. The number of nitrogens with zero attached hydrogens (tertiary/aromatic N) is 2. The normalized spacial score (nSPS) is 11.9. The van der Waals surface area contributed by atoms with Crippen LogP contribution in [0.1, 0.15) is 61.8 Å². The van der Waals surface area contributed by atoms with Gasteiger partial charge >= 0.3 is 16.3 Å². The molecule has 1 amide bonds. The molecule has 0 saturated heterocycles. The van der Waals surface area contributed by atoms with Crippen molar-refractivity contribution in [3.63, 3.8) is 0 Å². The van der Waals surface area contributed by atoms with E-state index < -0.39 is 16.3 Å². The fraction of sp³-hybridized carbons (Fsp3) is 0.296. The summed E-state index contributed by atoms with van der Waals surface area (Å²) in [6, 6.07) is 23.9. The first kappa shape index (κ1) is 25.5. The molecule has 1 N–H and O–H groups in total. The summed E-state index contributed by atoms with van der Waals surface area (Å²) >= 11 is 0. The van der Waals surface area contributed by atoms with E-state index >= 15 is 0 Å². The number of hydrogen-bond donors (Lipinski definition) is 1. The average molecular weight is 481 g/mol. The maximum Gasteiger partial charge on any atom is 0.426 e. The zero-order chi connectivity index (χ0) is 24.9. The molecular weight excluding hydrogens is 448 g/mol. The van der Waals surface area contributed by atoms with E-state index in [2.05, 4.69) is 0 Å². The average Bonchev–Trinajstić information content (AvgIpc) is 2.79. The molecule has 0 aliphatic heterocycles. The summed E-state index contributed by atoms with van der Waals surface area (Å²) < 4.78 is 30.0. The monoisotopic (exact) mass is 480 g/mol. The van der Waals surface area contributed by atoms with Crippen molar-refractivity contribution in [1.82, 2.24) is 4.31 Å². The third kappa shape index (κ3) is 5.66. The van der Waals surface area contributed by atoms with E-state index in [9.17, 15) is 18.3 Å². The number of anilines is 1. The first-order chi connectivity index (χ1) is 16.1. The number of benzene rings is 3. The number of carboxylic acid groups (broad SMARTS) is 1. The summed E-state index contributed by atoms with van der Waals surface area (Å²) in [4.78, 5) is 12.6. The van der Waals surface area contributed by atoms with E-state index in [1.807, 2.05) is 94.4 Å². The van der Waals surface area contributed by atoms with Gasteiger partial charge in [-0.15, -0.1) is 0 Å². The summed E-state index contributed by atoms with van der Waals surface area (Å²) in [6.45, 7) is 7.82. The van der Waals surface area contributed by atoms with Crippen LogP contribution in [0, 0.1) is 0 Å². The van der Waals surface area contributed by atoms with Gasteiger partial charge in [0, 0.05) is 13.1 Å². The Balaban J connectivity index is 2.19. The standard InChI is InChI=1S/C27H32N2O4S/c1-20(2)24-16-11-17-25(21(3)4)26(24)29(27(30)31)34(32,33)28(18-22-12-7-5-8-13-22)19-23-14-9-6-10-15-23/h5-17,20-21H,18-19H2,1-4H3,(H,30,31). The molecule has 0 heterocycles. The van der Waals surface area contributed by atoms with E-state index in [-0.39, 0.29) is 30.6 Å². The fourth-order valence-corrected chi connectivity index (χ4v) is 5.46. The zero-order valence-electron chi connectivity index (χ0n) is 20.0. The molecule has 0 spiro atoms. The highest BCUT2D eigenvalue weighted by atomic mass is 32.2. The Labute approximate surface area is 202 Å². The van der Waals surface area contributed by atoms with Gasteiger partial charge in [-0.1, -0.05) is 107 Å². The van der Waals surface area contributed by atoms with Crippen molar-refractivity contribution >= 4 is 22.0 Å². The second-order valence-corrected chi connectivity index (χ2v) is 10.7. The minimum atomic E-state index is -4.46. The van der Waals surface area contributed by atoms with Crippen LogP contribution < -0.4 is 4.31 Å². The van der Waals surface area contributed by atoms with Gasteiger partial charge < -0.3 is 5.11 Å². The molecular formula is C27H32N2O4S. The molecule has 3 aromatic carbocycles. The number of para-hydroxylation sites is 1. The number of rotatable bonds is 9. The molecule has 0 aliphatic carbocycles. The van der Waals surface area contributed by atoms with E-state index in [0.29, 0.717) is 15.4 Å². The zero-order valence-corrected chi connectivity index (χ0v) is 20.9. The minimum Gasteiger partial charge on any atom is -0.464 e. The van der Waals surface area contributed by atoms with Crippen molar-refractivity contribution < 1.29 is 18.3 Å². The van der Waals surface area contributed by atoms with Crippen LogP contribution in [0.2, 0.25) is 0 Å². The lowest BCUT2D eigenvalue weighted by atomic mass is 9.93. The molecule has 0 radical (unpaired) electrons. The predicted octanol–water partition coefficient (Wildman–Crippen LogP) is 6.37. The smallest absolute Gasteiger partial charge is 0.426 e. The van der Waals surface area contributed by atoms with Crippen LogP contribution in [0.3, 0.4) is 0 Å². The minimum absolute atomic E-state index is 0.0444. The molecule has 0 atom stereocenters. The Hall–Kier alpha value is -3.16. The van der Waals surface area contributed by atoms with Gasteiger partial charge in [0.2, 0.25) is 0 Å². The molecule has 0 fully saturated rings. The van der Waals surface area contributed by atoms with Gasteiger partial charge in [-0.25, -0.2) is 4.79 Å². The number of amides is 1. The lowest BCUT2D eigenvalue weighted by Crippen LogP contribution is -2.46. The van der Waals surface area contributed by atoms with Crippen molar-refractivity contribution in [3.05, 3.63) is 101 Å². The summed E-state index contributed by atoms with van der Waals surface area (Å²) in [6.07, 6.45) is -1.53. The van der Waals surface area contributed by atoms with E-state index in [1.165, 1.54) is 4.31 Å². The SMILES string of the molecule is CC(C)c1cccc(C(C)C)c1N(C(=O)O)S(=O)(=O)N(Cc1ccccc1)Cc1ccccc1. The Morgan fingerprint density at radius 1 is 0.735 bits per heavy atom. The highest BCUT2D eigenvalue weighted by Gasteiger charge is 2.38. The van der Waals surface area contributed by atoms with Crippen molar-refractivity contribution in [2.24, 2.45) is 0 Å². The molecule has 0 saturated carbocycles. The second kappa shape index (κ2) is 10.8. The lowest BCUT2D eigenvalue weighted by molar-refractivity contribution is 0.205. The van der Waals surface area contributed by atoms with Crippen molar-refractivity contribution in [3.8, 4) is 0 Å². The second-order valence-electron chi connectivity index (χ2n) is 8.89. The van der Waals surface area contributed by atoms with Crippen LogP contribution in [-0.4, -0.2) is 23.9 Å². The highest BCUT2D eigenvalue weighted by Crippen LogP contribution is 2.38. The largest absolute Gasteiger partial charge is 0.464 e. The van der Waals surface area contributed by atoms with E-state index in [1.54, 1.807) is 12.1 Å². The van der Waals surface area contributed by atoms with Crippen LogP contribution in [0.15, 0.2) is 78.9 Å². The van der Waals surface area contributed by atoms with Crippen LogP contribution in [0.5, 0.6) is 0 Å². The molecule has 0 unspecified atom stereocenters. The van der Waals surface area contributed by atoms with Gasteiger partial charge in [0.1, 0.15) is 0 Å². The quantitative estimate of drug-likeness (QED) is 0.386. The lowest BCUT2D eigenvalue weighted by Gasteiger charge is -2.32. The van der Waals surface area contributed by atoms with Crippen LogP contribution >= 0.6 is 0 Å². The van der Waals surface area contributed by atoms with Gasteiger partial charge in [-0.2, -0.15) is 17.0 Å². The first-order valence-electron chi connectivity index (χ1n) is 11.4. The highest BCUT2D eigenvalue weighted by molar-refractivity contribution is 7.91. The maximum atomic E-state index is 14.1. The third-order valence-electron chi connectivity index (χ3n) is 5.68. The summed E-state index contributed by atoms with van der Waals surface area (Å²) in [5.41, 5.74) is 3.13. The van der Waals surface area contributed by atoms with Crippen LogP contribution in [-0.2, 0) is 23.3 Å². The van der Waals surface area contributed by atoms with Crippen LogP contribution in [0.4, 0.5) is 10.5 Å². The Kier molecular flexibility index (Phi) is 8.12. The molecule has 0 aromatic heterocycles. The number of hydrogen-bond acceptors (Lipinski definition) is 3. The van der Waals surface area contributed by atoms with Crippen molar-refractivity contribution in [2.45, 2.75) is 52.6 Å².